The minimum Gasteiger partial charge on any atom is -0.433 e. The van der Waals surface area contributed by atoms with E-state index in [1.807, 2.05) is 0 Å². The van der Waals surface area contributed by atoms with Gasteiger partial charge in [0.15, 0.2) is 0 Å². The first-order valence-electron chi connectivity index (χ1n) is 3.63. The Kier molecular flexibility index (Phi) is 2.78. The van der Waals surface area contributed by atoms with Crippen molar-refractivity contribution < 1.29 is 14.3 Å². The Bertz CT molecular complexity index is 152. The molecule has 3 nitrogen and oxygen atoms in total. The number of hydrogen-bond acceptors (Lipinski definition) is 4. The van der Waals surface area contributed by atoms with Crippen LogP contribution < -0.4 is 0 Å². The molecule has 0 aromatic carbocycles. The molecule has 1 atom stereocenters. The lowest BCUT2D eigenvalue weighted by molar-refractivity contribution is -0.202. The smallest absolute Gasteiger partial charge is 0.318 e. The molecule has 11 heavy (non-hydrogen) atoms. The van der Waals surface area contributed by atoms with E-state index >= 15 is 0 Å². The van der Waals surface area contributed by atoms with Gasteiger partial charge in [0.25, 0.3) is 0 Å². The molecule has 0 spiro atoms. The van der Waals surface area contributed by atoms with Crippen LogP contribution in [0.5, 0.6) is 0 Å². The second-order valence-corrected chi connectivity index (χ2v) is 3.03. The van der Waals surface area contributed by atoms with E-state index < -0.39 is 5.79 Å². The molecule has 0 radical (unpaired) electrons. The first kappa shape index (κ1) is 8.87. The summed E-state index contributed by atoms with van der Waals surface area (Å²) in [6.07, 6.45) is 1.74. The van der Waals surface area contributed by atoms with Gasteiger partial charge in [-0.15, -0.1) is 0 Å². The molecule has 64 valence electrons. The second-order valence-electron chi connectivity index (χ2n) is 2.72. The normalized spacial score (nSPS) is 30.4. The van der Waals surface area contributed by atoms with Gasteiger partial charge in [-0.05, 0) is 6.42 Å². The molecular weight excluding hydrogens is 164 g/mol. The van der Waals surface area contributed by atoms with Crippen molar-refractivity contribution in [3.05, 3.63) is 0 Å². The molecular formula is C7H12O3S. The lowest BCUT2D eigenvalue weighted by atomic mass is 10.2. The van der Waals surface area contributed by atoms with Crippen molar-refractivity contribution in [2.45, 2.75) is 25.6 Å². The molecule has 1 fully saturated rings. The van der Waals surface area contributed by atoms with Crippen LogP contribution in [0.15, 0.2) is 0 Å². The average molecular weight is 176 g/mol. The summed E-state index contributed by atoms with van der Waals surface area (Å²) >= 11 is 3.80. The van der Waals surface area contributed by atoms with Crippen molar-refractivity contribution >= 4 is 18.6 Å². The van der Waals surface area contributed by atoms with Gasteiger partial charge in [0.05, 0.1) is 12.4 Å². The molecule has 1 saturated heterocycles. The van der Waals surface area contributed by atoms with Crippen LogP contribution in [0.2, 0.25) is 0 Å². The molecule has 0 aromatic heterocycles. The molecule has 1 aliphatic heterocycles. The van der Waals surface area contributed by atoms with Gasteiger partial charge in [-0.25, -0.2) is 0 Å². The van der Waals surface area contributed by atoms with Crippen LogP contribution in [0.25, 0.3) is 0 Å². The van der Waals surface area contributed by atoms with E-state index in [1.54, 1.807) is 6.92 Å². The highest BCUT2D eigenvalue weighted by Gasteiger charge is 2.33. The monoisotopic (exact) mass is 176 g/mol. The fraction of sp³-hybridized carbons (Fsp3) is 0.857. The van der Waals surface area contributed by atoms with Crippen LogP contribution in [0.3, 0.4) is 0 Å². The predicted molar refractivity (Wildman–Crippen MR) is 43.5 cm³/mol. The summed E-state index contributed by atoms with van der Waals surface area (Å²) in [6.45, 7) is 2.46. The SMILES string of the molecule is CC1(OC(=O)CS)CCCO1. The fourth-order valence-electron chi connectivity index (χ4n) is 1.11. The third-order valence-electron chi connectivity index (χ3n) is 1.64. The minimum absolute atomic E-state index is 0.110. The van der Waals surface area contributed by atoms with Crippen molar-refractivity contribution in [3.63, 3.8) is 0 Å². The zero-order chi connectivity index (χ0) is 8.32. The summed E-state index contributed by atoms with van der Waals surface area (Å²) in [5.74, 6) is -0.892. The maximum atomic E-state index is 10.8. The van der Waals surface area contributed by atoms with Gasteiger partial charge in [0.2, 0.25) is 5.79 Å². The Morgan fingerprint density at radius 3 is 3.00 bits per heavy atom. The summed E-state index contributed by atoms with van der Waals surface area (Å²) in [6, 6.07) is 0. The number of ether oxygens (including phenoxy) is 2. The van der Waals surface area contributed by atoms with E-state index in [0.29, 0.717) is 6.61 Å². The Morgan fingerprint density at radius 2 is 2.55 bits per heavy atom. The molecule has 0 saturated carbocycles. The minimum atomic E-state index is -0.681. The lowest BCUT2D eigenvalue weighted by Crippen LogP contribution is -2.30. The number of esters is 1. The van der Waals surface area contributed by atoms with Gasteiger partial charge in [0, 0.05) is 13.3 Å². The number of rotatable bonds is 2. The highest BCUT2D eigenvalue weighted by Crippen LogP contribution is 2.26. The second kappa shape index (κ2) is 3.45. The number of thiol groups is 1. The summed E-state index contributed by atoms with van der Waals surface area (Å²) < 4.78 is 10.2. The van der Waals surface area contributed by atoms with E-state index in [0.717, 1.165) is 12.8 Å². The Morgan fingerprint density at radius 1 is 1.82 bits per heavy atom. The zero-order valence-corrected chi connectivity index (χ0v) is 7.39. The molecule has 1 unspecified atom stereocenters. The quantitative estimate of drug-likeness (QED) is 0.503. The molecule has 0 bridgehead atoms. The summed E-state index contributed by atoms with van der Waals surface area (Å²) in [5.41, 5.74) is 0. The van der Waals surface area contributed by atoms with E-state index in [2.05, 4.69) is 12.6 Å². The first-order valence-corrected chi connectivity index (χ1v) is 4.26. The highest BCUT2D eigenvalue weighted by atomic mass is 32.1. The summed E-state index contributed by atoms with van der Waals surface area (Å²) in [5, 5.41) is 0. The van der Waals surface area contributed by atoms with Crippen LogP contribution >= 0.6 is 12.6 Å². The first-order chi connectivity index (χ1) is 5.16. The zero-order valence-electron chi connectivity index (χ0n) is 6.50. The van der Waals surface area contributed by atoms with Gasteiger partial charge in [-0.2, -0.15) is 12.6 Å². The van der Waals surface area contributed by atoms with Crippen molar-refractivity contribution in [1.29, 1.82) is 0 Å². The summed E-state index contributed by atoms with van der Waals surface area (Å²) in [7, 11) is 0. The highest BCUT2D eigenvalue weighted by molar-refractivity contribution is 7.81. The van der Waals surface area contributed by atoms with Crippen LogP contribution in [0.1, 0.15) is 19.8 Å². The maximum absolute atomic E-state index is 10.8. The maximum Gasteiger partial charge on any atom is 0.318 e. The van der Waals surface area contributed by atoms with Gasteiger partial charge >= 0.3 is 5.97 Å². The molecule has 4 heteroatoms. The fourth-order valence-corrected chi connectivity index (χ4v) is 1.17. The average Bonchev–Trinajstić information content (AvgIpc) is 2.36. The molecule has 0 aromatic rings. The third-order valence-corrected chi connectivity index (χ3v) is 1.90. The Balaban J connectivity index is 2.39. The largest absolute Gasteiger partial charge is 0.433 e. The molecule has 1 aliphatic rings. The topological polar surface area (TPSA) is 35.5 Å². The van der Waals surface area contributed by atoms with Gasteiger partial charge in [-0.1, -0.05) is 0 Å². The number of carbonyl (C=O) groups is 1. The van der Waals surface area contributed by atoms with Gasteiger partial charge in [-0.3, -0.25) is 4.79 Å². The predicted octanol–water partition coefficient (Wildman–Crippen LogP) is 0.986. The van der Waals surface area contributed by atoms with E-state index in [4.69, 9.17) is 9.47 Å². The molecule has 0 aliphatic carbocycles. The molecule has 0 N–H and O–H groups in total. The molecule has 1 rings (SSSR count). The number of hydrogen-bond donors (Lipinski definition) is 1. The van der Waals surface area contributed by atoms with Crippen molar-refractivity contribution in [2.75, 3.05) is 12.4 Å². The standard InChI is InChI=1S/C7H12O3S/c1-7(3-2-4-9-7)10-6(8)5-11/h11H,2-5H2,1H3. The van der Waals surface area contributed by atoms with Crippen LogP contribution in [-0.4, -0.2) is 24.1 Å². The van der Waals surface area contributed by atoms with Crippen molar-refractivity contribution in [2.24, 2.45) is 0 Å². The Hall–Kier alpha value is -0.220. The van der Waals surface area contributed by atoms with Gasteiger partial charge < -0.3 is 9.47 Å². The van der Waals surface area contributed by atoms with E-state index in [-0.39, 0.29) is 11.7 Å². The number of carbonyl (C=O) groups excluding carboxylic acids is 1. The van der Waals surface area contributed by atoms with Crippen molar-refractivity contribution in [3.8, 4) is 0 Å². The molecule has 1 heterocycles. The lowest BCUT2D eigenvalue weighted by Gasteiger charge is -2.22. The Labute approximate surface area is 71.5 Å². The molecule has 0 amide bonds. The third kappa shape index (κ3) is 2.38. The van der Waals surface area contributed by atoms with Crippen molar-refractivity contribution in [1.82, 2.24) is 0 Å². The van der Waals surface area contributed by atoms with E-state index in [1.165, 1.54) is 0 Å². The van der Waals surface area contributed by atoms with E-state index in [9.17, 15) is 4.79 Å². The van der Waals surface area contributed by atoms with Crippen LogP contribution in [0.4, 0.5) is 0 Å². The summed E-state index contributed by atoms with van der Waals surface area (Å²) in [4.78, 5) is 10.8. The van der Waals surface area contributed by atoms with Crippen LogP contribution in [0, 0.1) is 0 Å². The van der Waals surface area contributed by atoms with Crippen LogP contribution in [-0.2, 0) is 14.3 Å². The van der Waals surface area contributed by atoms with Gasteiger partial charge in [0.1, 0.15) is 0 Å².